The Labute approximate surface area is 176 Å². The van der Waals surface area contributed by atoms with Crippen LogP contribution in [0.3, 0.4) is 0 Å². The number of anilines is 1. The maximum absolute atomic E-state index is 6.30. The van der Waals surface area contributed by atoms with Crippen molar-refractivity contribution in [3.63, 3.8) is 0 Å². The Morgan fingerprint density at radius 3 is 2.86 bits per heavy atom. The molecule has 144 valence electrons. The van der Waals surface area contributed by atoms with Gasteiger partial charge in [-0.15, -0.1) is 10.2 Å². The summed E-state index contributed by atoms with van der Waals surface area (Å²) >= 11 is 5.16. The molecule has 1 N–H and O–H groups in total. The molecule has 0 saturated heterocycles. The molecule has 0 radical (unpaired) electrons. The smallest absolute Gasteiger partial charge is 0.247 e. The molecule has 0 spiro atoms. The van der Waals surface area contributed by atoms with Crippen LogP contribution in [0.1, 0.15) is 25.6 Å². The van der Waals surface area contributed by atoms with E-state index >= 15 is 0 Å². The number of aromatic nitrogens is 3. The van der Waals surface area contributed by atoms with Crippen molar-refractivity contribution in [3.8, 4) is 22.9 Å². The summed E-state index contributed by atoms with van der Waals surface area (Å²) < 4.78 is 12.9. The molecule has 2 aromatic carbocycles. The highest BCUT2D eigenvalue weighted by atomic mass is 79.9. The van der Waals surface area contributed by atoms with Gasteiger partial charge in [0.25, 0.3) is 0 Å². The first kappa shape index (κ1) is 19.0. The zero-order valence-electron chi connectivity index (χ0n) is 15.5. The fourth-order valence-electron chi connectivity index (χ4n) is 2.96. The number of fused-ring (bicyclic) bond motifs is 3. The van der Waals surface area contributed by atoms with E-state index < -0.39 is 6.23 Å². The molecule has 6 nitrogen and oxygen atoms in total. The van der Waals surface area contributed by atoms with Gasteiger partial charge in [-0.1, -0.05) is 52.8 Å². The van der Waals surface area contributed by atoms with Gasteiger partial charge in [0, 0.05) is 21.3 Å². The maximum Gasteiger partial charge on any atom is 0.247 e. The number of thioether (sulfide) groups is 1. The number of ether oxygens (including phenoxy) is 2. The summed E-state index contributed by atoms with van der Waals surface area (Å²) in [7, 11) is 0. The third-order valence-corrected chi connectivity index (χ3v) is 5.61. The minimum atomic E-state index is -0.464. The third kappa shape index (κ3) is 3.79. The lowest BCUT2D eigenvalue weighted by atomic mass is 10.1. The van der Waals surface area contributed by atoms with Crippen LogP contribution in [0.4, 0.5) is 5.69 Å². The van der Waals surface area contributed by atoms with Crippen LogP contribution in [0.15, 0.2) is 52.1 Å². The van der Waals surface area contributed by atoms with Crippen molar-refractivity contribution in [2.75, 3.05) is 17.7 Å². The second kappa shape index (κ2) is 8.36. The van der Waals surface area contributed by atoms with Crippen molar-refractivity contribution in [2.24, 2.45) is 0 Å². The number of rotatable bonds is 5. The Kier molecular flexibility index (Phi) is 5.68. The first-order valence-corrected chi connectivity index (χ1v) is 10.8. The quantitative estimate of drug-likeness (QED) is 0.519. The van der Waals surface area contributed by atoms with E-state index in [2.05, 4.69) is 43.4 Å². The Bertz CT molecular complexity index is 1000. The number of para-hydroxylation sites is 1. The largest absolute Gasteiger partial charge is 0.494 e. The van der Waals surface area contributed by atoms with E-state index in [-0.39, 0.29) is 0 Å². The molecule has 2 heterocycles. The monoisotopic (exact) mass is 458 g/mol. The van der Waals surface area contributed by atoms with Gasteiger partial charge in [-0.05, 0) is 36.9 Å². The van der Waals surface area contributed by atoms with Crippen molar-refractivity contribution in [3.05, 3.63) is 52.5 Å². The van der Waals surface area contributed by atoms with E-state index in [1.54, 1.807) is 0 Å². The summed E-state index contributed by atoms with van der Waals surface area (Å²) in [5.74, 6) is 2.11. The molecule has 3 aromatic rings. The summed E-state index contributed by atoms with van der Waals surface area (Å²) in [5.41, 5.74) is 3.36. The predicted molar refractivity (Wildman–Crippen MR) is 114 cm³/mol. The van der Waals surface area contributed by atoms with Crippen LogP contribution in [-0.4, -0.2) is 27.5 Å². The lowest BCUT2D eigenvalue weighted by Crippen LogP contribution is -2.18. The van der Waals surface area contributed by atoms with Crippen molar-refractivity contribution >= 4 is 33.4 Å². The molecule has 1 aromatic heterocycles. The summed E-state index contributed by atoms with van der Waals surface area (Å²) in [6.07, 6.45) is -0.464. The molecule has 0 amide bonds. The van der Waals surface area contributed by atoms with E-state index in [0.29, 0.717) is 23.3 Å². The lowest BCUT2D eigenvalue weighted by molar-refractivity contribution is 0.223. The molecule has 1 atom stereocenters. The molecular weight excluding hydrogens is 440 g/mol. The highest BCUT2D eigenvalue weighted by Crippen LogP contribution is 2.41. The highest BCUT2D eigenvalue weighted by molar-refractivity contribution is 9.10. The molecular formula is C20H19BrN4O2S. The van der Waals surface area contributed by atoms with Crippen molar-refractivity contribution in [2.45, 2.75) is 25.2 Å². The molecule has 1 aliphatic heterocycles. The van der Waals surface area contributed by atoms with Gasteiger partial charge in [-0.2, -0.15) is 4.98 Å². The Hall–Kier alpha value is -2.32. The first-order valence-electron chi connectivity index (χ1n) is 9.02. The number of nitrogens with one attached hydrogen (secondary N) is 1. The second-order valence-corrected chi connectivity index (χ2v) is 8.07. The number of hydrogen-bond donors (Lipinski definition) is 1. The maximum atomic E-state index is 6.30. The zero-order chi connectivity index (χ0) is 19.5. The highest BCUT2D eigenvalue weighted by Gasteiger charge is 2.27. The SMILES string of the molecule is CCOc1ccc(Br)c([C@@H]2Nc3ccccc3-c3nnc(SCC)nc3O2)c1. The van der Waals surface area contributed by atoms with Crippen molar-refractivity contribution in [1.29, 1.82) is 0 Å². The Morgan fingerprint density at radius 1 is 1.18 bits per heavy atom. The molecule has 0 bridgehead atoms. The molecule has 0 fully saturated rings. The number of halogens is 1. The van der Waals surface area contributed by atoms with Gasteiger partial charge in [0.2, 0.25) is 11.0 Å². The average Bonchev–Trinajstić information content (AvgIpc) is 2.86. The van der Waals surface area contributed by atoms with Gasteiger partial charge in [-0.3, -0.25) is 0 Å². The van der Waals surface area contributed by atoms with Crippen molar-refractivity contribution in [1.82, 2.24) is 15.2 Å². The summed E-state index contributed by atoms with van der Waals surface area (Å²) in [6, 6.07) is 13.8. The number of benzene rings is 2. The standard InChI is InChI=1S/C20H19BrN4O2S/c1-3-26-12-9-10-15(21)14(11-12)18-22-16-8-6-5-7-13(16)17-19(27-18)23-20(25-24-17)28-4-2/h5-11,18,22H,3-4H2,1-2H3/t18-/m1/s1. The predicted octanol–water partition coefficient (Wildman–Crippen LogP) is 5.31. The van der Waals surface area contributed by atoms with Gasteiger partial charge in [0.05, 0.1) is 6.61 Å². The third-order valence-electron chi connectivity index (χ3n) is 4.17. The lowest BCUT2D eigenvalue weighted by Gasteiger charge is -2.21. The molecule has 0 aliphatic carbocycles. The van der Waals surface area contributed by atoms with Crippen LogP contribution in [0.25, 0.3) is 11.3 Å². The van der Waals surface area contributed by atoms with Crippen LogP contribution in [0.5, 0.6) is 11.6 Å². The minimum absolute atomic E-state index is 0.460. The molecule has 4 rings (SSSR count). The van der Waals surface area contributed by atoms with E-state index in [1.165, 1.54) is 11.8 Å². The van der Waals surface area contributed by atoms with Crippen LogP contribution in [0, 0.1) is 0 Å². The van der Waals surface area contributed by atoms with E-state index in [9.17, 15) is 0 Å². The molecule has 0 saturated carbocycles. The zero-order valence-corrected chi connectivity index (χ0v) is 17.9. The van der Waals surface area contributed by atoms with Crippen LogP contribution in [0.2, 0.25) is 0 Å². The summed E-state index contributed by atoms with van der Waals surface area (Å²) in [6.45, 7) is 4.61. The summed E-state index contributed by atoms with van der Waals surface area (Å²) in [5, 5.41) is 12.7. The minimum Gasteiger partial charge on any atom is -0.494 e. The second-order valence-electron chi connectivity index (χ2n) is 5.99. The fraction of sp³-hybridized carbons (Fsp3) is 0.250. The number of nitrogens with zero attached hydrogens (tertiary/aromatic N) is 3. The topological polar surface area (TPSA) is 69.2 Å². The molecule has 1 aliphatic rings. The van der Waals surface area contributed by atoms with Crippen LogP contribution in [-0.2, 0) is 0 Å². The van der Waals surface area contributed by atoms with Gasteiger partial charge >= 0.3 is 0 Å². The summed E-state index contributed by atoms with van der Waals surface area (Å²) in [4.78, 5) is 4.61. The fourth-order valence-corrected chi connectivity index (χ4v) is 3.92. The van der Waals surface area contributed by atoms with Gasteiger partial charge < -0.3 is 14.8 Å². The first-order chi connectivity index (χ1) is 13.7. The van der Waals surface area contributed by atoms with Gasteiger partial charge in [0.15, 0.2) is 11.9 Å². The molecule has 0 unspecified atom stereocenters. The van der Waals surface area contributed by atoms with Gasteiger partial charge in [0.1, 0.15) is 5.75 Å². The average molecular weight is 459 g/mol. The van der Waals surface area contributed by atoms with Crippen LogP contribution < -0.4 is 14.8 Å². The normalized spacial score (nSPS) is 14.9. The van der Waals surface area contributed by atoms with Crippen LogP contribution >= 0.6 is 27.7 Å². The Morgan fingerprint density at radius 2 is 2.04 bits per heavy atom. The van der Waals surface area contributed by atoms with E-state index in [4.69, 9.17) is 9.47 Å². The van der Waals surface area contributed by atoms with Gasteiger partial charge in [-0.25, -0.2) is 0 Å². The van der Waals surface area contributed by atoms with E-state index in [1.807, 2.05) is 49.4 Å². The molecule has 8 heteroatoms. The Balaban J connectivity index is 1.82. The van der Waals surface area contributed by atoms with E-state index in [0.717, 1.165) is 32.8 Å². The number of hydrogen-bond acceptors (Lipinski definition) is 7. The van der Waals surface area contributed by atoms with Crippen molar-refractivity contribution < 1.29 is 9.47 Å². The molecule has 28 heavy (non-hydrogen) atoms.